The van der Waals surface area contributed by atoms with Crippen molar-refractivity contribution in [3.05, 3.63) is 381 Å². The summed E-state index contributed by atoms with van der Waals surface area (Å²) in [5.41, 5.74) is 41.7. The van der Waals surface area contributed by atoms with Gasteiger partial charge >= 0.3 is 0 Å². The zero-order chi connectivity index (χ0) is 102. The molecule has 12 heteroatoms. The van der Waals surface area contributed by atoms with Crippen LogP contribution in [0.15, 0.2) is 279 Å². The topological polar surface area (TPSA) is 92.1 Å². The molecular formula is C134H150Ir3N9-3. The maximum absolute atomic E-state index is 5.33. The van der Waals surface area contributed by atoms with Gasteiger partial charge in [0.05, 0.1) is 28.8 Å². The Morgan fingerprint density at radius 2 is 0.623 bits per heavy atom. The van der Waals surface area contributed by atoms with Gasteiger partial charge in [-0.1, -0.05) is 358 Å². The van der Waals surface area contributed by atoms with Gasteiger partial charge in [-0.2, -0.15) is 15.3 Å². The SMILES string of the molecule is CC(C)c1c[c-]c(-c2nc(-c3cc(C(C)C)cc(C(C)C)c3)nn2C)cc1.CCCCCCc1cc(C)c(-n2nc(-c3[c-]ccc(-c4cc(-c5ccc(C(C)(C)C)cc5)cc(-c5ccc(C(C)(C)C)cc5)c4)c3)nc2-c2ccccc2)c(C)c1.CCCCCCc1cc(C)c(-n2nc(-c3cc(C)cc(C)c3)nc2-c2[c-]ccc(-c3cc(-c4ccc(C(C)(C)C)cc4)cc(-c4ccc(C(C)(C)C)cc4)c3)c2)c(C)c1.[Ir].[Ir].[Ir]. The van der Waals surface area contributed by atoms with Gasteiger partial charge in [0.25, 0.3) is 0 Å². The van der Waals surface area contributed by atoms with E-state index in [0.717, 1.165) is 109 Å². The van der Waals surface area contributed by atoms with E-state index in [4.69, 9.17) is 30.2 Å². The van der Waals surface area contributed by atoms with E-state index in [2.05, 4.69) is 468 Å². The molecule has 0 atom stereocenters. The van der Waals surface area contributed by atoms with Gasteiger partial charge in [0.15, 0.2) is 17.5 Å². The largest absolute Gasteiger partial charge is 0.288 e. The molecule has 0 amide bonds. The van der Waals surface area contributed by atoms with Crippen molar-refractivity contribution < 1.29 is 60.3 Å². The quantitative estimate of drug-likeness (QED) is 0.0376. The van der Waals surface area contributed by atoms with Gasteiger partial charge in [0.1, 0.15) is 0 Å². The Morgan fingerprint density at radius 3 is 1.00 bits per heavy atom. The van der Waals surface area contributed by atoms with Gasteiger partial charge in [0, 0.05) is 84.1 Å². The van der Waals surface area contributed by atoms with Crippen molar-refractivity contribution in [1.29, 1.82) is 0 Å². The number of rotatable bonds is 27. The molecule has 0 saturated heterocycles. The van der Waals surface area contributed by atoms with Crippen molar-refractivity contribution in [3.63, 3.8) is 0 Å². The first kappa shape index (κ1) is 113. The second-order valence-corrected chi connectivity index (χ2v) is 45.0. The van der Waals surface area contributed by atoms with Crippen molar-refractivity contribution in [2.24, 2.45) is 7.05 Å². The molecule has 0 aliphatic carbocycles. The molecule has 0 unspecified atom stereocenters. The average Bonchev–Trinajstić information content (AvgIpc) is 1.73. The molecule has 0 spiro atoms. The first-order chi connectivity index (χ1) is 68.1. The summed E-state index contributed by atoms with van der Waals surface area (Å²) in [5, 5.41) is 15.3. The van der Waals surface area contributed by atoms with Crippen LogP contribution in [0.3, 0.4) is 0 Å². The van der Waals surface area contributed by atoms with Gasteiger partial charge in [0.2, 0.25) is 0 Å². The molecule has 0 fully saturated rings. The molecule has 146 heavy (non-hydrogen) atoms. The Labute approximate surface area is 914 Å². The minimum atomic E-state index is 0. The molecule has 17 aromatic rings. The number of nitrogens with zero attached hydrogens (tertiary/aromatic N) is 9. The summed E-state index contributed by atoms with van der Waals surface area (Å²) >= 11 is 0. The van der Waals surface area contributed by atoms with E-state index in [1.54, 1.807) is 0 Å². The predicted molar refractivity (Wildman–Crippen MR) is 607 cm³/mol. The van der Waals surface area contributed by atoms with E-state index in [9.17, 15) is 0 Å². The Balaban J connectivity index is 0.000000205. The van der Waals surface area contributed by atoms with Crippen LogP contribution in [-0.4, -0.2) is 44.3 Å². The first-order valence-corrected chi connectivity index (χ1v) is 52.3. The second kappa shape index (κ2) is 49.1. The summed E-state index contributed by atoms with van der Waals surface area (Å²) < 4.78 is 5.98. The van der Waals surface area contributed by atoms with Crippen molar-refractivity contribution in [3.8, 4) is 146 Å². The van der Waals surface area contributed by atoms with Crippen LogP contribution in [0.2, 0.25) is 0 Å². The summed E-state index contributed by atoms with van der Waals surface area (Å²) in [6, 6.07) is 113. The fourth-order valence-corrected chi connectivity index (χ4v) is 19.4. The summed E-state index contributed by atoms with van der Waals surface area (Å²) in [7, 11) is 1.95. The molecule has 0 aliphatic heterocycles. The first-order valence-electron chi connectivity index (χ1n) is 52.3. The average molecular weight is 2460 g/mol. The number of hydrogen-bond acceptors (Lipinski definition) is 6. The summed E-state index contributed by atoms with van der Waals surface area (Å²) in [4.78, 5) is 15.4. The molecule has 3 heterocycles. The van der Waals surface area contributed by atoms with E-state index in [1.165, 1.54) is 179 Å². The van der Waals surface area contributed by atoms with Crippen molar-refractivity contribution >= 4 is 0 Å². The van der Waals surface area contributed by atoms with Crippen LogP contribution in [0.4, 0.5) is 0 Å². The monoisotopic (exact) mass is 2460 g/mol. The maximum atomic E-state index is 5.33. The third-order valence-electron chi connectivity index (χ3n) is 27.9. The van der Waals surface area contributed by atoms with Crippen molar-refractivity contribution in [2.45, 2.75) is 284 Å². The van der Waals surface area contributed by atoms with Crippen molar-refractivity contribution in [2.75, 3.05) is 0 Å². The molecule has 17 rings (SSSR count). The maximum Gasteiger partial charge on any atom is 0.171 e. The van der Waals surface area contributed by atoms with Crippen LogP contribution in [-0.2, 0) is 102 Å². The number of hydrogen-bond donors (Lipinski definition) is 0. The molecule has 14 aromatic carbocycles. The smallest absolute Gasteiger partial charge is 0.171 e. The minimum Gasteiger partial charge on any atom is -0.288 e. The van der Waals surface area contributed by atoms with Gasteiger partial charge in [-0.25, -0.2) is 4.68 Å². The number of unbranched alkanes of at least 4 members (excludes halogenated alkanes) is 6. The van der Waals surface area contributed by atoms with Crippen molar-refractivity contribution in [1.82, 2.24) is 44.3 Å². The standard InChI is InChI=1S/C56H62N3.C54H58N3.C24H30N3.3Ir/c1-12-13-14-15-17-41-31-39(4)52(40(5)32-41)59-54(57-53(58-59)49-29-37(2)28-38(3)30-49)45-19-16-18-44(33-45)48-35-46(42-20-24-50(25-21-42)55(6,7)8)34-47(36-48)43-22-26-51(27-23-43)56(9,10)11;1-10-11-12-14-18-39-31-37(2)50(38(3)32-39)57-52(42-19-15-13-16-20-42)55-51(56-57)44-22-17-21-43(33-44)47-35-45(40-23-27-48(28-24-40)53(4,5)6)34-46(36-47)41-25-29-49(30-26-41)54(7,8)9;1-15(2)18-8-10-19(11-9-18)24-25-23(26-27(24)7)22-13-20(16(3)4)12-21(14-22)17(5)6;;;/h16,18,20-36H,12-15,17H2,1-11H3;13,15-17,19-21,23-36H,10-12,14,18H2,1-9H3;8-10,12-17H,1-7H3;;;/q3*-1;;;. The Kier molecular flexibility index (Phi) is 38.0. The normalized spacial score (nSPS) is 11.7. The molecule has 761 valence electrons. The van der Waals surface area contributed by atoms with Crippen LogP contribution in [0.1, 0.15) is 291 Å². The van der Waals surface area contributed by atoms with Gasteiger partial charge < -0.3 is 0 Å². The molecule has 3 radical (unpaired) electrons. The zero-order valence-corrected chi connectivity index (χ0v) is 98.6. The van der Waals surface area contributed by atoms with E-state index < -0.39 is 0 Å². The van der Waals surface area contributed by atoms with Crippen LogP contribution >= 0.6 is 0 Å². The van der Waals surface area contributed by atoms with Gasteiger partial charge in [-0.3, -0.25) is 24.3 Å². The van der Waals surface area contributed by atoms with Crippen LogP contribution in [0.5, 0.6) is 0 Å². The summed E-state index contributed by atoms with van der Waals surface area (Å²) in [5.74, 6) is 6.06. The van der Waals surface area contributed by atoms with Gasteiger partial charge in [-0.05, 0) is 284 Å². The van der Waals surface area contributed by atoms with E-state index in [1.807, 2.05) is 29.9 Å². The Morgan fingerprint density at radius 1 is 0.274 bits per heavy atom. The molecular weight excluding hydrogens is 2310 g/mol. The third kappa shape index (κ3) is 27.9. The van der Waals surface area contributed by atoms with E-state index >= 15 is 0 Å². The predicted octanol–water partition coefficient (Wildman–Crippen LogP) is 36.4. The van der Waals surface area contributed by atoms with E-state index in [-0.39, 0.29) is 82.0 Å². The molecule has 0 aliphatic rings. The molecule has 0 saturated carbocycles. The molecule has 0 bridgehead atoms. The summed E-state index contributed by atoms with van der Waals surface area (Å²) in [6.07, 6.45) is 12.3. The molecule has 9 nitrogen and oxygen atoms in total. The van der Waals surface area contributed by atoms with Gasteiger partial charge in [-0.15, -0.1) is 106 Å². The van der Waals surface area contributed by atoms with Crippen LogP contribution in [0, 0.1) is 59.7 Å². The minimum absolute atomic E-state index is 0. The fraction of sp³-hybridized carbons (Fsp3) is 0.328. The zero-order valence-electron chi connectivity index (χ0n) is 91.4. The number of aromatic nitrogens is 9. The Hall–Kier alpha value is -11.6. The Bertz CT molecular complexity index is 7020. The second-order valence-electron chi connectivity index (χ2n) is 45.0. The van der Waals surface area contributed by atoms with Crippen LogP contribution < -0.4 is 0 Å². The van der Waals surface area contributed by atoms with E-state index in [0.29, 0.717) is 23.6 Å². The summed E-state index contributed by atoms with van der Waals surface area (Å²) in [6.45, 7) is 58.2. The fourth-order valence-electron chi connectivity index (χ4n) is 19.4. The number of aryl methyl sites for hydroxylation is 9. The number of benzene rings is 14. The molecule has 0 N–H and O–H groups in total. The van der Waals surface area contributed by atoms with Crippen LogP contribution in [0.25, 0.3) is 146 Å². The third-order valence-corrected chi connectivity index (χ3v) is 27.9. The molecule has 3 aromatic heterocycles.